The number of ketones is 1. The summed E-state index contributed by atoms with van der Waals surface area (Å²) < 4.78 is 0. The van der Waals surface area contributed by atoms with Gasteiger partial charge in [0.1, 0.15) is 11.8 Å². The maximum atomic E-state index is 12.8. The zero-order chi connectivity index (χ0) is 23.0. The second kappa shape index (κ2) is 9.22. The zero-order valence-corrected chi connectivity index (χ0v) is 19.2. The molecule has 0 aliphatic carbocycles. The quantitative estimate of drug-likeness (QED) is 0.613. The van der Waals surface area contributed by atoms with Crippen molar-refractivity contribution in [3.05, 3.63) is 67.7 Å². The summed E-state index contributed by atoms with van der Waals surface area (Å²) in [5, 5.41) is 3.43. The SMILES string of the molecule is O=C(CCc1ccc2c(c1)CN(C1CCC(=O)NC1=O)C2=O)Cc1c(Cl)cc(Cl)cc1Cl. The molecule has 1 saturated heterocycles. The number of fused-ring (bicyclic) bond motifs is 1. The molecule has 1 atom stereocenters. The zero-order valence-electron chi connectivity index (χ0n) is 16.9. The highest BCUT2D eigenvalue weighted by atomic mass is 35.5. The van der Waals surface area contributed by atoms with E-state index in [0.717, 1.165) is 11.1 Å². The van der Waals surface area contributed by atoms with Gasteiger partial charge in [0.05, 0.1) is 0 Å². The second-order valence-corrected chi connectivity index (χ2v) is 9.21. The van der Waals surface area contributed by atoms with E-state index in [0.29, 0.717) is 52.0 Å². The molecule has 1 fully saturated rings. The number of aryl methyl sites for hydroxylation is 1. The van der Waals surface area contributed by atoms with Crippen LogP contribution in [0.2, 0.25) is 15.1 Å². The van der Waals surface area contributed by atoms with E-state index in [2.05, 4.69) is 5.32 Å². The van der Waals surface area contributed by atoms with Crippen LogP contribution in [0.4, 0.5) is 0 Å². The fraction of sp³-hybridized carbons (Fsp3) is 0.304. The van der Waals surface area contributed by atoms with Crippen molar-refractivity contribution in [2.45, 2.75) is 44.7 Å². The third-order valence-electron chi connectivity index (χ3n) is 5.76. The van der Waals surface area contributed by atoms with Gasteiger partial charge in [-0.1, -0.05) is 46.9 Å². The van der Waals surface area contributed by atoms with Crippen LogP contribution in [0, 0.1) is 0 Å². The molecule has 2 heterocycles. The fourth-order valence-electron chi connectivity index (χ4n) is 4.09. The van der Waals surface area contributed by atoms with Crippen molar-refractivity contribution in [1.82, 2.24) is 10.2 Å². The van der Waals surface area contributed by atoms with Crippen LogP contribution in [0.15, 0.2) is 30.3 Å². The number of carbonyl (C=O) groups is 4. The van der Waals surface area contributed by atoms with E-state index in [1.807, 2.05) is 12.1 Å². The number of nitrogens with zero attached hydrogens (tertiary/aromatic N) is 1. The second-order valence-electron chi connectivity index (χ2n) is 7.95. The highest BCUT2D eigenvalue weighted by molar-refractivity contribution is 6.39. The molecule has 1 N–H and O–H groups in total. The predicted octanol–water partition coefficient (Wildman–Crippen LogP) is 4.15. The molecule has 2 aromatic carbocycles. The number of carbonyl (C=O) groups excluding carboxylic acids is 4. The molecule has 1 unspecified atom stereocenters. The molecule has 0 radical (unpaired) electrons. The number of halogens is 3. The van der Waals surface area contributed by atoms with Crippen molar-refractivity contribution in [3.8, 4) is 0 Å². The van der Waals surface area contributed by atoms with Gasteiger partial charge in [-0.15, -0.1) is 0 Å². The summed E-state index contributed by atoms with van der Waals surface area (Å²) in [4.78, 5) is 50.3. The van der Waals surface area contributed by atoms with E-state index in [-0.39, 0.29) is 30.4 Å². The molecule has 166 valence electrons. The summed E-state index contributed by atoms with van der Waals surface area (Å²) >= 11 is 18.2. The first-order valence-corrected chi connectivity index (χ1v) is 11.3. The molecule has 4 rings (SSSR count). The lowest BCUT2D eigenvalue weighted by Gasteiger charge is -2.29. The smallest absolute Gasteiger partial charge is 0.255 e. The molecule has 0 spiro atoms. The maximum Gasteiger partial charge on any atom is 0.255 e. The molecule has 2 aliphatic rings. The number of hydrogen-bond acceptors (Lipinski definition) is 4. The topological polar surface area (TPSA) is 83.6 Å². The van der Waals surface area contributed by atoms with Gasteiger partial charge in [0.25, 0.3) is 5.91 Å². The molecule has 3 amide bonds. The minimum atomic E-state index is -0.647. The number of rotatable bonds is 6. The normalized spacial score (nSPS) is 18.0. The van der Waals surface area contributed by atoms with Gasteiger partial charge in [0.2, 0.25) is 11.8 Å². The Balaban J connectivity index is 1.40. The maximum absolute atomic E-state index is 12.8. The molecule has 0 aromatic heterocycles. The van der Waals surface area contributed by atoms with Crippen LogP contribution in [0.25, 0.3) is 0 Å². The Morgan fingerprint density at radius 2 is 1.78 bits per heavy atom. The Morgan fingerprint density at radius 1 is 1.06 bits per heavy atom. The lowest BCUT2D eigenvalue weighted by molar-refractivity contribution is -0.137. The fourth-order valence-corrected chi connectivity index (χ4v) is 5.04. The Morgan fingerprint density at radius 3 is 2.47 bits per heavy atom. The van der Waals surface area contributed by atoms with E-state index < -0.39 is 11.9 Å². The highest BCUT2D eigenvalue weighted by Crippen LogP contribution is 2.31. The van der Waals surface area contributed by atoms with Crippen molar-refractivity contribution in [1.29, 1.82) is 0 Å². The summed E-state index contributed by atoms with van der Waals surface area (Å²) in [6, 6.07) is 7.92. The van der Waals surface area contributed by atoms with E-state index in [9.17, 15) is 19.2 Å². The average molecular weight is 494 g/mol. The molecule has 0 bridgehead atoms. The molecular formula is C23H19Cl3N2O4. The van der Waals surface area contributed by atoms with Crippen molar-refractivity contribution >= 4 is 58.3 Å². The van der Waals surface area contributed by atoms with Gasteiger partial charge in [-0.05, 0) is 47.7 Å². The van der Waals surface area contributed by atoms with Crippen LogP contribution in [-0.4, -0.2) is 34.4 Å². The molecule has 6 nitrogen and oxygen atoms in total. The number of benzene rings is 2. The molecule has 2 aromatic rings. The van der Waals surface area contributed by atoms with E-state index in [4.69, 9.17) is 34.8 Å². The largest absolute Gasteiger partial charge is 0.322 e. The standard InChI is InChI=1S/C23H19Cl3N2O4/c24-14-8-18(25)17(19(26)9-14)10-15(29)3-1-12-2-4-16-13(7-12)11-28(23(16)32)20-5-6-21(30)27-22(20)31/h2,4,7-9,20H,1,3,5-6,10-11H2,(H,27,30,31). The average Bonchev–Trinajstić information content (AvgIpc) is 3.05. The van der Waals surface area contributed by atoms with Crippen molar-refractivity contribution in [2.24, 2.45) is 0 Å². The third-order valence-corrected chi connectivity index (χ3v) is 6.65. The van der Waals surface area contributed by atoms with Crippen molar-refractivity contribution in [3.63, 3.8) is 0 Å². The summed E-state index contributed by atoms with van der Waals surface area (Å²) in [6.45, 7) is 0.304. The van der Waals surface area contributed by atoms with E-state index in [1.165, 1.54) is 4.90 Å². The molecular weight excluding hydrogens is 475 g/mol. The summed E-state index contributed by atoms with van der Waals surface area (Å²) in [6.07, 6.45) is 1.44. The molecule has 2 aliphatic heterocycles. The number of nitrogens with one attached hydrogen (secondary N) is 1. The van der Waals surface area contributed by atoms with E-state index in [1.54, 1.807) is 18.2 Å². The van der Waals surface area contributed by atoms with Gasteiger partial charge in [-0.2, -0.15) is 0 Å². The van der Waals surface area contributed by atoms with Gasteiger partial charge >= 0.3 is 0 Å². The lowest BCUT2D eigenvalue weighted by Crippen LogP contribution is -2.52. The number of amides is 3. The van der Waals surface area contributed by atoms with Crippen LogP contribution in [-0.2, 0) is 33.8 Å². The van der Waals surface area contributed by atoms with Gasteiger partial charge in [-0.3, -0.25) is 24.5 Å². The lowest BCUT2D eigenvalue weighted by atomic mass is 9.99. The summed E-state index contributed by atoms with van der Waals surface area (Å²) in [7, 11) is 0. The van der Waals surface area contributed by atoms with Crippen LogP contribution in [0.3, 0.4) is 0 Å². The Hall–Kier alpha value is -2.41. The Bertz CT molecular complexity index is 1130. The van der Waals surface area contributed by atoms with Crippen LogP contribution >= 0.6 is 34.8 Å². The Labute approximate surface area is 199 Å². The van der Waals surface area contributed by atoms with Crippen LogP contribution in [0.5, 0.6) is 0 Å². The number of piperidine rings is 1. The predicted molar refractivity (Wildman–Crippen MR) is 121 cm³/mol. The molecule has 0 saturated carbocycles. The number of hydrogen-bond donors (Lipinski definition) is 1. The number of imide groups is 1. The third kappa shape index (κ3) is 4.68. The monoisotopic (exact) mass is 492 g/mol. The first-order valence-electron chi connectivity index (χ1n) is 10.1. The van der Waals surface area contributed by atoms with Gasteiger partial charge in [0, 0.05) is 46.4 Å². The van der Waals surface area contributed by atoms with Crippen LogP contribution in [0.1, 0.15) is 46.3 Å². The first kappa shape index (κ1) is 22.8. The molecule has 9 heteroatoms. The summed E-state index contributed by atoms with van der Waals surface area (Å²) in [5.41, 5.74) is 2.84. The Kier molecular flexibility index (Phi) is 6.56. The van der Waals surface area contributed by atoms with Crippen molar-refractivity contribution < 1.29 is 19.2 Å². The minimum absolute atomic E-state index is 0.0159. The van der Waals surface area contributed by atoms with E-state index >= 15 is 0 Å². The van der Waals surface area contributed by atoms with Crippen LogP contribution < -0.4 is 5.32 Å². The van der Waals surface area contributed by atoms with Gasteiger partial charge in [-0.25, -0.2) is 0 Å². The minimum Gasteiger partial charge on any atom is -0.322 e. The first-order chi connectivity index (χ1) is 15.2. The molecule has 32 heavy (non-hydrogen) atoms. The van der Waals surface area contributed by atoms with Gasteiger partial charge in [0.15, 0.2) is 0 Å². The van der Waals surface area contributed by atoms with Crippen molar-refractivity contribution in [2.75, 3.05) is 0 Å². The number of Topliss-reactive ketones (excluding diaryl/α,β-unsaturated/α-hetero) is 1. The van der Waals surface area contributed by atoms with Gasteiger partial charge < -0.3 is 4.90 Å². The highest BCUT2D eigenvalue weighted by Gasteiger charge is 2.39. The summed E-state index contributed by atoms with van der Waals surface area (Å²) in [5.74, 6) is -0.988.